The summed E-state index contributed by atoms with van der Waals surface area (Å²) in [6, 6.07) is 7.26. The highest BCUT2D eigenvalue weighted by atomic mass is 16.5. The molecule has 0 fully saturated rings. The average Bonchev–Trinajstić information content (AvgIpc) is 2.26. The van der Waals surface area contributed by atoms with Gasteiger partial charge in [0.1, 0.15) is 0 Å². The number of nitrogen functional groups attached to an aromatic ring is 1. The van der Waals surface area contributed by atoms with E-state index < -0.39 is 6.09 Å². The number of benzene rings is 1. The molecule has 0 bridgehead atoms. The van der Waals surface area contributed by atoms with E-state index in [0.29, 0.717) is 18.0 Å². The molecule has 0 spiro atoms. The fourth-order valence-electron chi connectivity index (χ4n) is 1.12. The average molecular weight is 221 g/mol. The second kappa shape index (κ2) is 5.75. The maximum absolute atomic E-state index is 11.0. The smallest absolute Gasteiger partial charge is 0.427 e. The molecule has 3 N–H and O–H groups in total. The van der Waals surface area contributed by atoms with Gasteiger partial charge in [-0.1, -0.05) is 12.1 Å². The summed E-state index contributed by atoms with van der Waals surface area (Å²) in [6.07, 6.45) is -0.564. The lowest BCUT2D eigenvalue weighted by molar-refractivity contribution is 0.152. The number of nitrogens with zero attached hydrogens (tertiary/aromatic N) is 1. The Balaban J connectivity index is 2.67. The van der Waals surface area contributed by atoms with Crippen molar-refractivity contribution in [3.8, 4) is 0 Å². The number of amides is 1. The van der Waals surface area contributed by atoms with Gasteiger partial charge in [-0.15, -0.1) is 0 Å². The van der Waals surface area contributed by atoms with Crippen LogP contribution in [0.4, 0.5) is 10.5 Å². The Labute approximate surface area is 94.3 Å². The Hall–Kier alpha value is -2.04. The number of hydrogen-bond donors (Lipinski definition) is 2. The van der Waals surface area contributed by atoms with E-state index in [1.807, 2.05) is 12.1 Å². The van der Waals surface area contributed by atoms with Crippen LogP contribution in [-0.2, 0) is 4.74 Å². The van der Waals surface area contributed by atoms with Gasteiger partial charge in [0.25, 0.3) is 0 Å². The first-order chi connectivity index (χ1) is 7.63. The molecule has 0 unspecified atom stereocenters. The number of carbonyl (C=O) groups is 1. The Morgan fingerprint density at radius 1 is 1.56 bits per heavy atom. The summed E-state index contributed by atoms with van der Waals surface area (Å²) >= 11 is 0. The van der Waals surface area contributed by atoms with Gasteiger partial charge in [-0.25, -0.2) is 10.2 Å². The van der Waals surface area contributed by atoms with E-state index in [1.54, 1.807) is 26.0 Å². The number of nitrogens with one attached hydrogen (secondary N) is 1. The summed E-state index contributed by atoms with van der Waals surface area (Å²) in [7, 11) is 0. The van der Waals surface area contributed by atoms with Gasteiger partial charge in [0.2, 0.25) is 0 Å². The third kappa shape index (κ3) is 3.61. The number of anilines is 1. The molecule has 5 heteroatoms. The van der Waals surface area contributed by atoms with Crippen molar-refractivity contribution in [3.63, 3.8) is 0 Å². The molecule has 0 aliphatic heterocycles. The SMILES string of the molecule is CCOC(=O)NN=C(C)c1cccc(N)c1. The molecule has 0 radical (unpaired) electrons. The van der Waals surface area contributed by atoms with Crippen LogP contribution in [0.25, 0.3) is 0 Å². The Morgan fingerprint density at radius 2 is 2.31 bits per heavy atom. The van der Waals surface area contributed by atoms with Gasteiger partial charge in [0.05, 0.1) is 12.3 Å². The number of hydrogen-bond acceptors (Lipinski definition) is 4. The Kier molecular flexibility index (Phi) is 4.32. The van der Waals surface area contributed by atoms with Gasteiger partial charge in [-0.05, 0) is 31.5 Å². The van der Waals surface area contributed by atoms with E-state index in [2.05, 4.69) is 15.3 Å². The molecular weight excluding hydrogens is 206 g/mol. The van der Waals surface area contributed by atoms with E-state index in [4.69, 9.17) is 5.73 Å². The van der Waals surface area contributed by atoms with E-state index in [1.165, 1.54) is 0 Å². The van der Waals surface area contributed by atoms with E-state index >= 15 is 0 Å². The third-order valence-corrected chi connectivity index (χ3v) is 1.89. The largest absolute Gasteiger partial charge is 0.449 e. The van der Waals surface area contributed by atoms with Crippen molar-refractivity contribution < 1.29 is 9.53 Å². The number of rotatable bonds is 3. The quantitative estimate of drug-likeness (QED) is 0.463. The second-order valence-corrected chi connectivity index (χ2v) is 3.15. The van der Waals surface area contributed by atoms with Crippen LogP contribution in [0, 0.1) is 0 Å². The van der Waals surface area contributed by atoms with Crippen LogP contribution in [0.2, 0.25) is 0 Å². The van der Waals surface area contributed by atoms with E-state index in [0.717, 1.165) is 5.56 Å². The number of nitrogens with two attached hydrogens (primary N) is 1. The molecule has 0 atom stereocenters. The highest BCUT2D eigenvalue weighted by Gasteiger charge is 2.00. The fourth-order valence-corrected chi connectivity index (χ4v) is 1.12. The van der Waals surface area contributed by atoms with Crippen molar-refractivity contribution in [2.45, 2.75) is 13.8 Å². The van der Waals surface area contributed by atoms with Crippen molar-refractivity contribution >= 4 is 17.5 Å². The monoisotopic (exact) mass is 221 g/mol. The molecule has 1 aromatic rings. The lowest BCUT2D eigenvalue weighted by atomic mass is 10.1. The van der Waals surface area contributed by atoms with Gasteiger partial charge in [-0.3, -0.25) is 0 Å². The fraction of sp³-hybridized carbons (Fsp3) is 0.273. The molecule has 0 aliphatic carbocycles. The first-order valence-electron chi connectivity index (χ1n) is 4.96. The topological polar surface area (TPSA) is 76.7 Å². The molecule has 1 amide bonds. The van der Waals surface area contributed by atoms with Gasteiger partial charge >= 0.3 is 6.09 Å². The maximum Gasteiger partial charge on any atom is 0.427 e. The normalized spacial score (nSPS) is 11.0. The zero-order valence-corrected chi connectivity index (χ0v) is 9.36. The van der Waals surface area contributed by atoms with Crippen molar-refractivity contribution in [1.29, 1.82) is 0 Å². The minimum Gasteiger partial charge on any atom is -0.449 e. The molecule has 0 saturated heterocycles. The molecular formula is C11H15N3O2. The van der Waals surface area contributed by atoms with Crippen LogP contribution in [0.5, 0.6) is 0 Å². The Morgan fingerprint density at radius 3 is 2.94 bits per heavy atom. The predicted octanol–water partition coefficient (Wildman–Crippen LogP) is 1.74. The molecule has 0 aliphatic rings. The summed E-state index contributed by atoms with van der Waals surface area (Å²) < 4.78 is 4.67. The number of hydrazone groups is 1. The summed E-state index contributed by atoms with van der Waals surface area (Å²) in [5.41, 5.74) is 10.1. The lowest BCUT2D eigenvalue weighted by Gasteiger charge is -2.03. The zero-order valence-electron chi connectivity index (χ0n) is 9.36. The predicted molar refractivity (Wildman–Crippen MR) is 63.2 cm³/mol. The Bertz CT molecular complexity index is 402. The summed E-state index contributed by atoms with van der Waals surface area (Å²) in [5, 5.41) is 3.89. The molecule has 1 rings (SSSR count). The molecule has 16 heavy (non-hydrogen) atoms. The first kappa shape index (κ1) is 12.0. The van der Waals surface area contributed by atoms with E-state index in [9.17, 15) is 4.79 Å². The minimum atomic E-state index is -0.564. The van der Waals surface area contributed by atoms with Crippen molar-refractivity contribution in [2.75, 3.05) is 12.3 Å². The van der Waals surface area contributed by atoms with Gasteiger partial charge in [0, 0.05) is 5.69 Å². The third-order valence-electron chi connectivity index (χ3n) is 1.89. The van der Waals surface area contributed by atoms with Gasteiger partial charge < -0.3 is 10.5 Å². The lowest BCUT2D eigenvalue weighted by Crippen LogP contribution is -2.20. The van der Waals surface area contributed by atoms with Crippen LogP contribution < -0.4 is 11.2 Å². The van der Waals surface area contributed by atoms with Gasteiger partial charge in [0.15, 0.2) is 0 Å². The van der Waals surface area contributed by atoms with Crippen LogP contribution >= 0.6 is 0 Å². The van der Waals surface area contributed by atoms with Crippen LogP contribution in [0.3, 0.4) is 0 Å². The van der Waals surface area contributed by atoms with Gasteiger partial charge in [-0.2, -0.15) is 5.10 Å². The zero-order chi connectivity index (χ0) is 12.0. The standard InChI is InChI=1S/C11H15N3O2/c1-3-16-11(15)14-13-8(2)9-5-4-6-10(12)7-9/h4-7H,3,12H2,1-2H3,(H,14,15). The first-order valence-corrected chi connectivity index (χ1v) is 4.96. The second-order valence-electron chi connectivity index (χ2n) is 3.15. The molecule has 1 aromatic carbocycles. The van der Waals surface area contributed by atoms with Crippen molar-refractivity contribution in [2.24, 2.45) is 5.10 Å². The molecule has 0 heterocycles. The number of carbonyl (C=O) groups excluding carboxylic acids is 1. The summed E-state index contributed by atoms with van der Waals surface area (Å²) in [5.74, 6) is 0. The summed E-state index contributed by atoms with van der Waals surface area (Å²) in [4.78, 5) is 11.0. The van der Waals surface area contributed by atoms with Crippen LogP contribution in [0.1, 0.15) is 19.4 Å². The molecule has 0 saturated carbocycles. The maximum atomic E-state index is 11.0. The van der Waals surface area contributed by atoms with Crippen LogP contribution in [-0.4, -0.2) is 18.4 Å². The van der Waals surface area contributed by atoms with Crippen molar-refractivity contribution in [3.05, 3.63) is 29.8 Å². The van der Waals surface area contributed by atoms with E-state index in [-0.39, 0.29) is 0 Å². The molecule has 5 nitrogen and oxygen atoms in total. The highest BCUT2D eigenvalue weighted by molar-refractivity contribution is 5.99. The minimum absolute atomic E-state index is 0.318. The summed E-state index contributed by atoms with van der Waals surface area (Å²) in [6.45, 7) is 3.83. The highest BCUT2D eigenvalue weighted by Crippen LogP contribution is 2.07. The molecule has 0 aromatic heterocycles. The number of ether oxygens (including phenoxy) is 1. The van der Waals surface area contributed by atoms with Crippen LogP contribution in [0.15, 0.2) is 29.4 Å². The van der Waals surface area contributed by atoms with Crippen molar-refractivity contribution in [1.82, 2.24) is 5.43 Å². The molecule has 86 valence electrons.